The number of thiazole rings is 1. The van der Waals surface area contributed by atoms with Crippen LogP contribution in [-0.2, 0) is 4.74 Å². The van der Waals surface area contributed by atoms with Crippen LogP contribution in [0.3, 0.4) is 0 Å². The number of rotatable bonds is 5. The van der Waals surface area contributed by atoms with E-state index in [0.29, 0.717) is 16.7 Å². The summed E-state index contributed by atoms with van der Waals surface area (Å²) < 4.78 is 9.58. The second-order valence-electron chi connectivity index (χ2n) is 3.96. The van der Waals surface area contributed by atoms with Crippen LogP contribution in [0.4, 0.5) is 10.8 Å². The quantitative estimate of drug-likeness (QED) is 0.669. The first-order valence-electron chi connectivity index (χ1n) is 5.92. The van der Waals surface area contributed by atoms with E-state index in [0.717, 1.165) is 11.3 Å². The van der Waals surface area contributed by atoms with Crippen LogP contribution in [0.1, 0.15) is 27.1 Å². The Labute approximate surface area is 124 Å². The van der Waals surface area contributed by atoms with Crippen LogP contribution in [0.5, 0.6) is 5.88 Å². The summed E-state index contributed by atoms with van der Waals surface area (Å²) in [6.45, 7) is 1.37. The molecule has 0 aliphatic rings. The van der Waals surface area contributed by atoms with Crippen molar-refractivity contribution in [3.63, 3.8) is 0 Å². The average Bonchev–Trinajstić information content (AvgIpc) is 2.91. The van der Waals surface area contributed by atoms with Gasteiger partial charge in [0.05, 0.1) is 26.1 Å². The smallest absolute Gasteiger partial charge is 0.358 e. The number of nitrogens with zero attached hydrogens (tertiary/aromatic N) is 2. The molecule has 0 aliphatic heterocycles. The van der Waals surface area contributed by atoms with Crippen LogP contribution in [0.25, 0.3) is 0 Å². The molecule has 0 radical (unpaired) electrons. The summed E-state index contributed by atoms with van der Waals surface area (Å²) in [7, 11) is 2.77. The number of methoxy groups -OCH3 is 2. The second kappa shape index (κ2) is 6.31. The van der Waals surface area contributed by atoms with E-state index in [2.05, 4.69) is 20.0 Å². The topological polar surface area (TPSA) is 90.4 Å². The van der Waals surface area contributed by atoms with Gasteiger partial charge in [0.15, 0.2) is 16.6 Å². The van der Waals surface area contributed by atoms with Gasteiger partial charge in [-0.1, -0.05) is 11.3 Å². The van der Waals surface area contributed by atoms with Gasteiger partial charge in [0.2, 0.25) is 5.88 Å². The van der Waals surface area contributed by atoms with E-state index in [1.54, 1.807) is 18.3 Å². The molecule has 0 saturated heterocycles. The number of ketones is 1. The highest BCUT2D eigenvalue weighted by atomic mass is 32.1. The van der Waals surface area contributed by atoms with Crippen LogP contribution in [-0.4, -0.2) is 35.9 Å². The van der Waals surface area contributed by atoms with Gasteiger partial charge in [-0.05, 0) is 6.07 Å². The van der Waals surface area contributed by atoms with Crippen molar-refractivity contribution in [2.24, 2.45) is 0 Å². The third-order valence-corrected chi connectivity index (χ3v) is 3.59. The van der Waals surface area contributed by atoms with Gasteiger partial charge >= 0.3 is 5.97 Å². The molecule has 0 aromatic carbocycles. The molecule has 0 aliphatic carbocycles. The summed E-state index contributed by atoms with van der Waals surface area (Å²) in [6, 6.07) is 3.43. The molecule has 1 N–H and O–H groups in total. The van der Waals surface area contributed by atoms with E-state index in [1.165, 1.54) is 21.1 Å². The Hall–Kier alpha value is -2.48. The van der Waals surface area contributed by atoms with Crippen LogP contribution < -0.4 is 10.1 Å². The molecule has 2 aromatic heterocycles. The van der Waals surface area contributed by atoms with E-state index in [4.69, 9.17) is 4.74 Å². The zero-order valence-electron chi connectivity index (χ0n) is 11.7. The predicted molar refractivity (Wildman–Crippen MR) is 77.5 cm³/mol. The largest absolute Gasteiger partial charge is 0.481 e. The van der Waals surface area contributed by atoms with Gasteiger partial charge < -0.3 is 14.8 Å². The summed E-state index contributed by atoms with van der Waals surface area (Å²) in [5, 5.41) is 3.39. The number of ether oxygens (including phenoxy) is 2. The molecule has 21 heavy (non-hydrogen) atoms. The molecule has 0 atom stereocenters. The zero-order chi connectivity index (χ0) is 15.4. The van der Waals surface area contributed by atoms with Crippen molar-refractivity contribution in [2.75, 3.05) is 19.5 Å². The molecule has 2 rings (SSSR count). The van der Waals surface area contributed by atoms with E-state index < -0.39 is 5.97 Å². The van der Waals surface area contributed by atoms with Gasteiger partial charge in [0, 0.05) is 13.0 Å². The van der Waals surface area contributed by atoms with Crippen molar-refractivity contribution in [3.05, 3.63) is 28.9 Å². The van der Waals surface area contributed by atoms with Crippen molar-refractivity contribution in [3.8, 4) is 5.88 Å². The molecule has 8 heteroatoms. The number of anilines is 2. The highest BCUT2D eigenvalue weighted by Crippen LogP contribution is 2.27. The molecule has 2 aromatic rings. The number of Topliss-reactive ketones (excluding diaryl/α,β-unsaturated/α-hetero) is 1. The minimum Gasteiger partial charge on any atom is -0.481 e. The van der Waals surface area contributed by atoms with Crippen LogP contribution >= 0.6 is 11.3 Å². The summed E-state index contributed by atoms with van der Waals surface area (Å²) in [5.74, 6) is -0.398. The van der Waals surface area contributed by atoms with E-state index in [-0.39, 0.29) is 16.4 Å². The van der Waals surface area contributed by atoms with E-state index >= 15 is 0 Å². The molecule has 0 unspecified atom stereocenters. The summed E-state index contributed by atoms with van der Waals surface area (Å²) >= 11 is 1.08. The molecule has 0 fully saturated rings. The molecular formula is C13H13N3O4S. The number of carbonyl (C=O) groups is 2. The lowest BCUT2D eigenvalue weighted by molar-refractivity contribution is 0.0591. The number of esters is 1. The molecule has 0 bridgehead atoms. The molecule has 2 heterocycles. The summed E-state index contributed by atoms with van der Waals surface area (Å²) in [6.07, 6.45) is 1.56. The van der Waals surface area contributed by atoms with Crippen molar-refractivity contribution in [2.45, 2.75) is 6.92 Å². The maximum Gasteiger partial charge on any atom is 0.358 e. The average molecular weight is 307 g/mol. The fraction of sp³-hybridized carbons (Fsp3) is 0.231. The van der Waals surface area contributed by atoms with Gasteiger partial charge in [0.25, 0.3) is 0 Å². The van der Waals surface area contributed by atoms with E-state index in [1.807, 2.05) is 0 Å². The molecule has 0 amide bonds. The number of carbonyl (C=O) groups excluding carboxylic acids is 2. The molecule has 0 saturated carbocycles. The van der Waals surface area contributed by atoms with Crippen molar-refractivity contribution >= 4 is 33.9 Å². The van der Waals surface area contributed by atoms with E-state index in [9.17, 15) is 9.59 Å². The van der Waals surface area contributed by atoms with Crippen molar-refractivity contribution in [1.82, 2.24) is 9.97 Å². The molecule has 0 spiro atoms. The zero-order valence-corrected chi connectivity index (χ0v) is 12.5. The lowest BCUT2D eigenvalue weighted by Crippen LogP contribution is -2.07. The Bertz CT molecular complexity index is 667. The lowest BCUT2D eigenvalue weighted by atomic mass is 10.3. The lowest BCUT2D eigenvalue weighted by Gasteiger charge is -2.02. The Kier molecular flexibility index (Phi) is 4.49. The first kappa shape index (κ1) is 14.9. The highest BCUT2D eigenvalue weighted by molar-refractivity contribution is 7.17. The Balaban J connectivity index is 2.27. The van der Waals surface area contributed by atoms with Crippen molar-refractivity contribution in [1.29, 1.82) is 0 Å². The van der Waals surface area contributed by atoms with Gasteiger partial charge in [-0.15, -0.1) is 0 Å². The first-order chi connectivity index (χ1) is 10.0. The van der Waals surface area contributed by atoms with Crippen molar-refractivity contribution < 1.29 is 19.1 Å². The Morgan fingerprint density at radius 3 is 2.57 bits per heavy atom. The number of hydrogen-bond acceptors (Lipinski definition) is 8. The Morgan fingerprint density at radius 1 is 1.29 bits per heavy atom. The Morgan fingerprint density at radius 2 is 2.05 bits per heavy atom. The third kappa shape index (κ3) is 3.34. The van der Waals surface area contributed by atoms with Crippen LogP contribution in [0.15, 0.2) is 18.3 Å². The fourth-order valence-corrected chi connectivity index (χ4v) is 2.41. The third-order valence-electron chi connectivity index (χ3n) is 2.52. The van der Waals surface area contributed by atoms with Crippen LogP contribution in [0.2, 0.25) is 0 Å². The van der Waals surface area contributed by atoms with Crippen LogP contribution in [0, 0.1) is 0 Å². The minimum absolute atomic E-state index is 0.0129. The molecular weight excluding hydrogens is 294 g/mol. The standard InChI is InChI=1S/C13H13N3O4S/c1-7(17)11-10(12(18)20-3)16-13(21-11)15-8-4-5-9(19-2)14-6-8/h4-6H,1-3H3,(H,15,16). The maximum atomic E-state index is 11.6. The maximum absolute atomic E-state index is 11.6. The highest BCUT2D eigenvalue weighted by Gasteiger charge is 2.21. The number of hydrogen-bond donors (Lipinski definition) is 1. The van der Waals surface area contributed by atoms with Gasteiger partial charge in [0.1, 0.15) is 4.88 Å². The van der Waals surface area contributed by atoms with Gasteiger partial charge in [-0.2, -0.15) is 0 Å². The first-order valence-corrected chi connectivity index (χ1v) is 6.74. The second-order valence-corrected chi connectivity index (χ2v) is 4.96. The number of nitrogens with one attached hydrogen (secondary N) is 1. The fourth-order valence-electron chi connectivity index (χ4n) is 1.55. The summed E-state index contributed by atoms with van der Waals surface area (Å²) in [4.78, 5) is 31.5. The SMILES string of the molecule is COC(=O)c1nc(Nc2ccc(OC)nc2)sc1C(C)=O. The van der Waals surface area contributed by atoms with Gasteiger partial charge in [-0.25, -0.2) is 14.8 Å². The molecule has 110 valence electrons. The number of pyridine rings is 1. The van der Waals surface area contributed by atoms with Gasteiger partial charge in [-0.3, -0.25) is 4.79 Å². The molecule has 7 nitrogen and oxygen atoms in total. The minimum atomic E-state index is -0.641. The predicted octanol–water partition coefficient (Wildman–Crippen LogP) is 2.28. The number of aromatic nitrogens is 2. The normalized spacial score (nSPS) is 10.0. The monoisotopic (exact) mass is 307 g/mol. The summed E-state index contributed by atoms with van der Waals surface area (Å²) in [5.41, 5.74) is 0.676.